The van der Waals surface area contributed by atoms with Crippen molar-refractivity contribution in [2.24, 2.45) is 0 Å². The van der Waals surface area contributed by atoms with Crippen LogP contribution in [0.15, 0.2) is 97.1 Å². The summed E-state index contributed by atoms with van der Waals surface area (Å²) in [6.45, 7) is 0. The first-order valence-electron chi connectivity index (χ1n) is 13.3. The minimum atomic E-state index is -0.624. The summed E-state index contributed by atoms with van der Waals surface area (Å²) in [6, 6.07) is 24.1. The van der Waals surface area contributed by atoms with Crippen LogP contribution in [0.5, 0.6) is 0 Å². The van der Waals surface area contributed by atoms with Crippen LogP contribution in [0.25, 0.3) is 0 Å². The van der Waals surface area contributed by atoms with E-state index in [1.807, 2.05) is 0 Å². The maximum atomic E-state index is 13.2. The molecule has 0 bridgehead atoms. The summed E-state index contributed by atoms with van der Waals surface area (Å²) in [5.74, 6) is -3.45. The Labute approximate surface area is 282 Å². The second-order valence-electron chi connectivity index (χ2n) is 9.46. The Balaban J connectivity index is 1.57. The standard InChI is InChI=1S/C32H20Cl4N6O4/c33-21-9-1-17(2-10-21)29(43)39-25-26(40-30(44)18-3-11-22(34)12-4-18)38-28(42-32(46)20-7-15-24(36)16-8-20)27(37-25)41-31(45)19-5-13-23(35)14-6-19/h1-16H,(H2,37,39,41,43,45)(H2,38,40,42,44,46). The molecule has 4 N–H and O–H groups in total. The quantitative estimate of drug-likeness (QED) is 0.129. The van der Waals surface area contributed by atoms with Gasteiger partial charge in [-0.25, -0.2) is 9.97 Å². The van der Waals surface area contributed by atoms with Gasteiger partial charge in [-0.2, -0.15) is 0 Å². The molecule has 0 saturated heterocycles. The molecule has 0 aliphatic heterocycles. The van der Waals surface area contributed by atoms with Gasteiger partial charge in [0.15, 0.2) is 23.3 Å². The van der Waals surface area contributed by atoms with Gasteiger partial charge in [-0.05, 0) is 97.1 Å². The molecule has 14 heteroatoms. The Hall–Kier alpha value is -5.00. The van der Waals surface area contributed by atoms with E-state index >= 15 is 0 Å². The SMILES string of the molecule is O=C(Nc1nc(NC(=O)c2ccc(Cl)cc2)c(NC(=O)c2ccc(Cl)cc2)nc1NC(=O)c1ccc(Cl)cc1)c1ccc(Cl)cc1. The molecule has 0 aliphatic rings. The highest BCUT2D eigenvalue weighted by Gasteiger charge is 2.22. The van der Waals surface area contributed by atoms with E-state index in [9.17, 15) is 19.2 Å². The van der Waals surface area contributed by atoms with Gasteiger partial charge in [0.25, 0.3) is 23.6 Å². The summed E-state index contributed by atoms with van der Waals surface area (Å²) >= 11 is 23.9. The average Bonchev–Trinajstić information content (AvgIpc) is 3.04. The van der Waals surface area contributed by atoms with Gasteiger partial charge in [0.2, 0.25) is 0 Å². The molecule has 0 aliphatic carbocycles. The Morgan fingerprint density at radius 1 is 0.348 bits per heavy atom. The van der Waals surface area contributed by atoms with Crippen molar-refractivity contribution in [1.29, 1.82) is 0 Å². The zero-order valence-corrected chi connectivity index (χ0v) is 26.3. The first-order valence-corrected chi connectivity index (χ1v) is 14.8. The maximum Gasteiger partial charge on any atom is 0.256 e. The lowest BCUT2D eigenvalue weighted by atomic mass is 10.2. The van der Waals surface area contributed by atoms with Crippen molar-refractivity contribution in [2.45, 2.75) is 0 Å². The molecule has 5 rings (SSSR count). The molecule has 46 heavy (non-hydrogen) atoms. The number of carbonyl (C=O) groups excluding carboxylic acids is 4. The smallest absolute Gasteiger partial charge is 0.256 e. The second-order valence-corrected chi connectivity index (χ2v) is 11.2. The van der Waals surface area contributed by atoms with E-state index in [-0.39, 0.29) is 45.5 Å². The Morgan fingerprint density at radius 3 is 0.696 bits per heavy atom. The molecule has 0 fully saturated rings. The van der Waals surface area contributed by atoms with Crippen LogP contribution in [-0.2, 0) is 0 Å². The minimum absolute atomic E-state index is 0.216. The molecule has 0 radical (unpaired) electrons. The lowest BCUT2D eigenvalue weighted by Crippen LogP contribution is -2.23. The lowest BCUT2D eigenvalue weighted by Gasteiger charge is -2.17. The number of anilines is 4. The van der Waals surface area contributed by atoms with Crippen LogP contribution in [0, 0.1) is 0 Å². The molecule has 230 valence electrons. The fourth-order valence-electron chi connectivity index (χ4n) is 3.91. The first-order chi connectivity index (χ1) is 22.0. The van der Waals surface area contributed by atoms with Crippen molar-refractivity contribution < 1.29 is 19.2 Å². The number of hydrogen-bond donors (Lipinski definition) is 4. The summed E-state index contributed by atoms with van der Waals surface area (Å²) in [7, 11) is 0. The number of nitrogens with one attached hydrogen (secondary N) is 4. The van der Waals surface area contributed by atoms with E-state index in [0.29, 0.717) is 20.1 Å². The van der Waals surface area contributed by atoms with Crippen LogP contribution in [0.3, 0.4) is 0 Å². The van der Waals surface area contributed by atoms with Crippen LogP contribution in [0.4, 0.5) is 23.3 Å². The molecule has 1 aromatic heterocycles. The highest BCUT2D eigenvalue weighted by molar-refractivity contribution is 6.31. The first kappa shape index (κ1) is 32.4. The highest BCUT2D eigenvalue weighted by Crippen LogP contribution is 2.29. The number of rotatable bonds is 8. The molecule has 1 heterocycles. The number of benzene rings is 4. The second kappa shape index (κ2) is 14.4. The van der Waals surface area contributed by atoms with Crippen molar-refractivity contribution in [2.75, 3.05) is 21.3 Å². The molecule has 0 spiro atoms. The van der Waals surface area contributed by atoms with E-state index in [4.69, 9.17) is 46.4 Å². The molecule has 4 aromatic carbocycles. The van der Waals surface area contributed by atoms with Crippen molar-refractivity contribution in [3.05, 3.63) is 139 Å². The van der Waals surface area contributed by atoms with E-state index < -0.39 is 23.6 Å². The summed E-state index contributed by atoms with van der Waals surface area (Å²) in [5.41, 5.74) is 0.863. The van der Waals surface area contributed by atoms with Gasteiger partial charge in [-0.3, -0.25) is 19.2 Å². The average molecular weight is 694 g/mol. The largest absolute Gasteiger partial charge is 0.303 e. The Morgan fingerprint density at radius 2 is 0.522 bits per heavy atom. The lowest BCUT2D eigenvalue weighted by molar-refractivity contribution is 0.101. The van der Waals surface area contributed by atoms with Gasteiger partial charge in [-0.15, -0.1) is 0 Å². The Bertz CT molecular complexity index is 1660. The molecule has 0 saturated carbocycles. The molecular formula is C32H20Cl4N6O4. The van der Waals surface area contributed by atoms with Gasteiger partial charge < -0.3 is 21.3 Å². The molecule has 0 atom stereocenters. The highest BCUT2D eigenvalue weighted by atomic mass is 35.5. The number of nitrogens with zero attached hydrogens (tertiary/aromatic N) is 2. The number of halogens is 4. The Kier molecular flexibility index (Phi) is 10.1. The van der Waals surface area contributed by atoms with Crippen molar-refractivity contribution in [3.8, 4) is 0 Å². The van der Waals surface area contributed by atoms with Crippen molar-refractivity contribution >= 4 is 93.3 Å². The number of aromatic nitrogens is 2. The van der Waals surface area contributed by atoms with E-state index in [1.165, 1.54) is 97.1 Å². The predicted molar refractivity (Wildman–Crippen MR) is 180 cm³/mol. The molecule has 10 nitrogen and oxygen atoms in total. The van der Waals surface area contributed by atoms with Gasteiger partial charge >= 0.3 is 0 Å². The summed E-state index contributed by atoms with van der Waals surface area (Å²) in [4.78, 5) is 61.6. The molecular weight excluding hydrogens is 674 g/mol. The van der Waals surface area contributed by atoms with E-state index in [0.717, 1.165) is 0 Å². The third-order valence-corrected chi connectivity index (χ3v) is 7.26. The van der Waals surface area contributed by atoms with Crippen LogP contribution in [-0.4, -0.2) is 33.6 Å². The van der Waals surface area contributed by atoms with Gasteiger partial charge in [0.05, 0.1) is 0 Å². The monoisotopic (exact) mass is 692 g/mol. The zero-order chi connectivity index (χ0) is 32.8. The number of amides is 4. The van der Waals surface area contributed by atoms with Crippen LogP contribution < -0.4 is 21.3 Å². The normalized spacial score (nSPS) is 10.5. The number of hydrogen-bond acceptors (Lipinski definition) is 6. The minimum Gasteiger partial charge on any atom is -0.303 e. The topological polar surface area (TPSA) is 142 Å². The van der Waals surface area contributed by atoms with Crippen LogP contribution >= 0.6 is 46.4 Å². The summed E-state index contributed by atoms with van der Waals surface area (Å²) < 4.78 is 0. The fourth-order valence-corrected chi connectivity index (χ4v) is 4.41. The molecule has 5 aromatic rings. The van der Waals surface area contributed by atoms with Gasteiger partial charge in [0.1, 0.15) is 0 Å². The van der Waals surface area contributed by atoms with Crippen molar-refractivity contribution in [1.82, 2.24) is 9.97 Å². The fraction of sp³-hybridized carbons (Fsp3) is 0. The van der Waals surface area contributed by atoms with E-state index in [2.05, 4.69) is 31.2 Å². The van der Waals surface area contributed by atoms with Gasteiger partial charge in [-0.1, -0.05) is 46.4 Å². The third kappa shape index (κ3) is 8.17. The summed E-state index contributed by atoms with van der Waals surface area (Å²) in [5, 5.41) is 12.1. The zero-order valence-electron chi connectivity index (χ0n) is 23.3. The summed E-state index contributed by atoms with van der Waals surface area (Å²) in [6.07, 6.45) is 0. The van der Waals surface area contributed by atoms with Crippen LogP contribution in [0.1, 0.15) is 41.4 Å². The van der Waals surface area contributed by atoms with Gasteiger partial charge in [0, 0.05) is 42.3 Å². The van der Waals surface area contributed by atoms with Crippen molar-refractivity contribution in [3.63, 3.8) is 0 Å². The predicted octanol–water partition coefficient (Wildman–Crippen LogP) is 8.10. The van der Waals surface area contributed by atoms with E-state index in [1.54, 1.807) is 0 Å². The third-order valence-electron chi connectivity index (χ3n) is 6.25. The van der Waals surface area contributed by atoms with Crippen LogP contribution in [0.2, 0.25) is 20.1 Å². The number of carbonyl (C=O) groups is 4. The molecule has 4 amide bonds. The maximum absolute atomic E-state index is 13.2. The molecule has 0 unspecified atom stereocenters.